The van der Waals surface area contributed by atoms with Crippen molar-refractivity contribution < 1.29 is 4.74 Å². The standard InChI is InChI=1S/C24H26N4OS2/c1-5-28-22(13-29-21-11-17(3)9-18(4)12-21)26-27-24(28)31-15-20-14-30-23(25-20)19-8-6-7-16(2)10-19/h6-12,14H,5,13,15H2,1-4H3. The van der Waals surface area contributed by atoms with Crippen molar-refractivity contribution in [1.82, 2.24) is 19.7 Å². The fourth-order valence-electron chi connectivity index (χ4n) is 3.44. The molecular weight excluding hydrogens is 424 g/mol. The molecule has 0 fully saturated rings. The molecule has 0 aliphatic heterocycles. The van der Waals surface area contributed by atoms with Gasteiger partial charge in [0.05, 0.1) is 5.69 Å². The smallest absolute Gasteiger partial charge is 0.191 e. The molecule has 4 aromatic rings. The predicted molar refractivity (Wildman–Crippen MR) is 128 cm³/mol. The van der Waals surface area contributed by atoms with Crippen molar-refractivity contribution >= 4 is 23.1 Å². The van der Waals surface area contributed by atoms with Gasteiger partial charge in [-0.15, -0.1) is 21.5 Å². The van der Waals surface area contributed by atoms with Crippen LogP contribution < -0.4 is 4.74 Å². The van der Waals surface area contributed by atoms with Crippen molar-refractivity contribution in [3.05, 3.63) is 76.1 Å². The van der Waals surface area contributed by atoms with Crippen LogP contribution in [0, 0.1) is 20.8 Å². The molecule has 0 aliphatic carbocycles. The van der Waals surface area contributed by atoms with Gasteiger partial charge < -0.3 is 9.30 Å². The van der Waals surface area contributed by atoms with Crippen LogP contribution in [-0.4, -0.2) is 19.7 Å². The third kappa shape index (κ3) is 5.35. The molecule has 0 amide bonds. The largest absolute Gasteiger partial charge is 0.486 e. The summed E-state index contributed by atoms with van der Waals surface area (Å²) in [6, 6.07) is 14.7. The van der Waals surface area contributed by atoms with Crippen LogP contribution >= 0.6 is 23.1 Å². The van der Waals surface area contributed by atoms with Crippen molar-refractivity contribution in [2.24, 2.45) is 0 Å². The highest BCUT2D eigenvalue weighted by atomic mass is 32.2. The van der Waals surface area contributed by atoms with Gasteiger partial charge in [0.15, 0.2) is 11.0 Å². The van der Waals surface area contributed by atoms with Gasteiger partial charge in [0, 0.05) is 23.2 Å². The molecule has 31 heavy (non-hydrogen) atoms. The Morgan fingerprint density at radius 3 is 2.55 bits per heavy atom. The minimum Gasteiger partial charge on any atom is -0.486 e. The molecule has 0 saturated carbocycles. The monoisotopic (exact) mass is 450 g/mol. The average molecular weight is 451 g/mol. The summed E-state index contributed by atoms with van der Waals surface area (Å²) in [4.78, 5) is 4.81. The summed E-state index contributed by atoms with van der Waals surface area (Å²) in [6.07, 6.45) is 0. The van der Waals surface area contributed by atoms with Crippen molar-refractivity contribution in [1.29, 1.82) is 0 Å². The second-order valence-electron chi connectivity index (χ2n) is 7.56. The second kappa shape index (κ2) is 9.66. The lowest BCUT2D eigenvalue weighted by molar-refractivity contribution is 0.288. The molecule has 2 heterocycles. The zero-order chi connectivity index (χ0) is 21.8. The molecule has 0 atom stereocenters. The van der Waals surface area contributed by atoms with Crippen LogP contribution in [0.25, 0.3) is 10.6 Å². The quantitative estimate of drug-likeness (QED) is 0.298. The summed E-state index contributed by atoms with van der Waals surface area (Å²) in [7, 11) is 0. The Bertz CT molecular complexity index is 1160. The topological polar surface area (TPSA) is 52.8 Å². The van der Waals surface area contributed by atoms with Gasteiger partial charge in [0.2, 0.25) is 0 Å². The first-order valence-electron chi connectivity index (χ1n) is 10.3. The van der Waals surface area contributed by atoms with Crippen LogP contribution in [0.3, 0.4) is 0 Å². The number of thiazole rings is 1. The number of aromatic nitrogens is 4. The van der Waals surface area contributed by atoms with Crippen molar-refractivity contribution in [3.8, 4) is 16.3 Å². The maximum absolute atomic E-state index is 5.99. The lowest BCUT2D eigenvalue weighted by atomic mass is 10.1. The van der Waals surface area contributed by atoms with E-state index >= 15 is 0 Å². The molecule has 4 rings (SSSR count). The van der Waals surface area contributed by atoms with E-state index in [2.05, 4.69) is 78.2 Å². The molecule has 5 nitrogen and oxygen atoms in total. The minimum absolute atomic E-state index is 0.401. The van der Waals surface area contributed by atoms with Gasteiger partial charge in [-0.2, -0.15) is 0 Å². The number of thioether (sulfide) groups is 1. The Morgan fingerprint density at radius 1 is 1.00 bits per heavy atom. The maximum atomic E-state index is 5.99. The zero-order valence-corrected chi connectivity index (χ0v) is 19.9. The van der Waals surface area contributed by atoms with E-state index in [4.69, 9.17) is 9.72 Å². The van der Waals surface area contributed by atoms with Crippen molar-refractivity contribution in [3.63, 3.8) is 0 Å². The third-order valence-corrected chi connectivity index (χ3v) is 6.78. The summed E-state index contributed by atoms with van der Waals surface area (Å²) in [5, 5.41) is 12.8. The molecule has 0 spiro atoms. The molecular formula is C24H26N4OS2. The Kier molecular flexibility index (Phi) is 6.73. The molecule has 160 valence electrons. The number of aryl methyl sites for hydroxylation is 3. The SMILES string of the molecule is CCn1c(COc2cc(C)cc(C)c2)nnc1SCc1csc(-c2cccc(C)c2)n1. The number of ether oxygens (including phenoxy) is 1. The van der Waals surface area contributed by atoms with Crippen LogP contribution in [0.1, 0.15) is 35.1 Å². The first-order valence-corrected chi connectivity index (χ1v) is 12.2. The molecule has 0 bridgehead atoms. The van der Waals surface area contributed by atoms with Crippen LogP contribution in [0.15, 0.2) is 53.0 Å². The fourth-order valence-corrected chi connectivity index (χ4v) is 5.27. The molecule has 0 unspecified atom stereocenters. The molecule has 2 aromatic heterocycles. The summed E-state index contributed by atoms with van der Waals surface area (Å²) >= 11 is 3.34. The van der Waals surface area contributed by atoms with Crippen LogP contribution in [-0.2, 0) is 18.9 Å². The summed E-state index contributed by atoms with van der Waals surface area (Å²) in [6.45, 7) is 9.56. The summed E-state index contributed by atoms with van der Waals surface area (Å²) < 4.78 is 8.10. The van der Waals surface area contributed by atoms with E-state index in [1.807, 2.05) is 12.1 Å². The number of rotatable bonds is 8. The van der Waals surface area contributed by atoms with Gasteiger partial charge in [-0.25, -0.2) is 4.98 Å². The minimum atomic E-state index is 0.401. The van der Waals surface area contributed by atoms with E-state index in [0.717, 1.165) is 39.7 Å². The van der Waals surface area contributed by atoms with Crippen LogP contribution in [0.4, 0.5) is 0 Å². The second-order valence-corrected chi connectivity index (χ2v) is 9.36. The zero-order valence-electron chi connectivity index (χ0n) is 18.3. The number of benzene rings is 2. The number of hydrogen-bond acceptors (Lipinski definition) is 6. The number of nitrogens with zero attached hydrogens (tertiary/aromatic N) is 4. The molecule has 0 N–H and O–H groups in total. The van der Waals surface area contributed by atoms with E-state index in [-0.39, 0.29) is 0 Å². The highest BCUT2D eigenvalue weighted by molar-refractivity contribution is 7.98. The normalized spacial score (nSPS) is 11.1. The van der Waals surface area contributed by atoms with E-state index in [0.29, 0.717) is 6.61 Å². The fraction of sp³-hybridized carbons (Fsp3) is 0.292. The van der Waals surface area contributed by atoms with Gasteiger partial charge in [0.1, 0.15) is 17.4 Å². The van der Waals surface area contributed by atoms with Gasteiger partial charge in [-0.1, -0.05) is 41.6 Å². The van der Waals surface area contributed by atoms with Gasteiger partial charge in [0.25, 0.3) is 0 Å². The first-order chi connectivity index (χ1) is 15.0. The van der Waals surface area contributed by atoms with Gasteiger partial charge in [-0.05, 0) is 57.0 Å². The molecule has 0 saturated heterocycles. The third-order valence-electron chi connectivity index (χ3n) is 4.84. The highest BCUT2D eigenvalue weighted by Crippen LogP contribution is 2.28. The van der Waals surface area contributed by atoms with E-state index in [1.165, 1.54) is 22.3 Å². The molecule has 0 radical (unpaired) electrons. The van der Waals surface area contributed by atoms with Crippen molar-refractivity contribution in [2.45, 2.75) is 51.8 Å². The van der Waals surface area contributed by atoms with Crippen LogP contribution in [0.5, 0.6) is 5.75 Å². The van der Waals surface area contributed by atoms with E-state index in [1.54, 1.807) is 23.1 Å². The molecule has 2 aromatic carbocycles. The Morgan fingerprint density at radius 2 is 1.81 bits per heavy atom. The lowest BCUT2D eigenvalue weighted by Crippen LogP contribution is -2.07. The lowest BCUT2D eigenvalue weighted by Gasteiger charge is -2.10. The van der Waals surface area contributed by atoms with Crippen molar-refractivity contribution in [2.75, 3.05) is 0 Å². The van der Waals surface area contributed by atoms with E-state index in [9.17, 15) is 0 Å². The Labute approximate surface area is 191 Å². The Hall–Kier alpha value is -2.64. The maximum Gasteiger partial charge on any atom is 0.191 e. The molecule has 0 aliphatic rings. The Balaban J connectivity index is 1.41. The first kappa shape index (κ1) is 21.6. The number of hydrogen-bond donors (Lipinski definition) is 0. The highest BCUT2D eigenvalue weighted by Gasteiger charge is 2.14. The summed E-state index contributed by atoms with van der Waals surface area (Å²) in [5.41, 5.74) is 5.86. The van der Waals surface area contributed by atoms with Gasteiger partial charge in [-0.3, -0.25) is 0 Å². The molecule has 7 heteroatoms. The van der Waals surface area contributed by atoms with Gasteiger partial charge >= 0.3 is 0 Å². The summed E-state index contributed by atoms with van der Waals surface area (Å²) in [5.74, 6) is 2.46. The average Bonchev–Trinajstić information content (AvgIpc) is 3.36. The van der Waals surface area contributed by atoms with E-state index < -0.39 is 0 Å². The van der Waals surface area contributed by atoms with Crippen LogP contribution in [0.2, 0.25) is 0 Å². The predicted octanol–water partition coefficient (Wildman–Crippen LogP) is 6.22.